The zero-order valence-corrected chi connectivity index (χ0v) is 9.28. The number of likely N-dealkylation sites (N-methyl/N-ethyl adjacent to an activating group) is 1. The Balaban J connectivity index is 2.98. The molecule has 0 aliphatic heterocycles. The number of hydrogen-bond donors (Lipinski definition) is 0. The van der Waals surface area contributed by atoms with Crippen LogP contribution in [0.25, 0.3) is 0 Å². The van der Waals surface area contributed by atoms with E-state index in [9.17, 15) is 4.79 Å². The molecule has 0 saturated carbocycles. The van der Waals surface area contributed by atoms with Gasteiger partial charge in [-0.25, -0.2) is 0 Å². The fraction of sp³-hybridized carbons (Fsp3) is 0.300. The first kappa shape index (κ1) is 10.4. The van der Waals surface area contributed by atoms with Gasteiger partial charge in [0.1, 0.15) is 6.29 Å². The second kappa shape index (κ2) is 4.53. The molecule has 0 aliphatic carbocycles. The fourth-order valence-electron chi connectivity index (χ4n) is 1.19. The monoisotopic (exact) mass is 241 g/mol. The van der Waals surface area contributed by atoms with Crippen molar-refractivity contribution in [3.8, 4) is 0 Å². The Morgan fingerprint density at radius 3 is 2.62 bits per heavy atom. The third kappa shape index (κ3) is 2.64. The number of hydrogen-bond acceptors (Lipinski definition) is 2. The molecule has 1 unspecified atom stereocenters. The largest absolute Gasteiger partial charge is 0.301 e. The van der Waals surface area contributed by atoms with E-state index in [0.717, 1.165) is 16.3 Å². The first-order chi connectivity index (χ1) is 6.15. The van der Waals surface area contributed by atoms with Gasteiger partial charge in [-0.1, -0.05) is 28.1 Å². The molecule has 0 amide bonds. The predicted molar refractivity (Wildman–Crippen MR) is 56.6 cm³/mol. The molecule has 0 aromatic heterocycles. The van der Waals surface area contributed by atoms with Gasteiger partial charge >= 0.3 is 0 Å². The highest BCUT2D eigenvalue weighted by Crippen LogP contribution is 2.19. The van der Waals surface area contributed by atoms with Crippen LogP contribution in [0, 0.1) is 0 Å². The molecule has 1 rings (SSSR count). The second-order valence-corrected chi connectivity index (χ2v) is 4.02. The molecule has 0 radical (unpaired) electrons. The Labute approximate surface area is 86.7 Å². The summed E-state index contributed by atoms with van der Waals surface area (Å²) in [5.74, 6) is 0. The van der Waals surface area contributed by atoms with Crippen molar-refractivity contribution in [2.75, 3.05) is 14.1 Å². The Kier molecular flexibility index (Phi) is 3.63. The second-order valence-electron chi connectivity index (χ2n) is 3.10. The van der Waals surface area contributed by atoms with Crippen LogP contribution in [0.5, 0.6) is 0 Å². The minimum atomic E-state index is -0.155. The highest BCUT2D eigenvalue weighted by molar-refractivity contribution is 9.10. The van der Waals surface area contributed by atoms with Crippen LogP contribution < -0.4 is 0 Å². The molecule has 0 spiro atoms. The van der Waals surface area contributed by atoms with Crippen molar-refractivity contribution in [2.45, 2.75) is 6.04 Å². The van der Waals surface area contributed by atoms with Crippen LogP contribution in [0.3, 0.4) is 0 Å². The van der Waals surface area contributed by atoms with E-state index in [2.05, 4.69) is 15.9 Å². The minimum absolute atomic E-state index is 0.155. The molecular weight excluding hydrogens is 230 g/mol. The van der Waals surface area contributed by atoms with Crippen LogP contribution >= 0.6 is 15.9 Å². The van der Waals surface area contributed by atoms with Crippen LogP contribution in [0.2, 0.25) is 0 Å². The van der Waals surface area contributed by atoms with Gasteiger partial charge in [0, 0.05) is 4.47 Å². The third-order valence-electron chi connectivity index (χ3n) is 1.88. The van der Waals surface area contributed by atoms with E-state index >= 15 is 0 Å². The maximum Gasteiger partial charge on any atom is 0.141 e. The van der Waals surface area contributed by atoms with Crippen molar-refractivity contribution in [1.29, 1.82) is 0 Å². The van der Waals surface area contributed by atoms with E-state index in [0.29, 0.717) is 0 Å². The van der Waals surface area contributed by atoms with Gasteiger partial charge in [-0.2, -0.15) is 0 Å². The lowest BCUT2D eigenvalue weighted by molar-refractivity contribution is -0.111. The SMILES string of the molecule is CN(C)C(C=O)c1cccc(Br)c1. The average Bonchev–Trinajstić information content (AvgIpc) is 2.04. The van der Waals surface area contributed by atoms with Gasteiger partial charge in [-0.3, -0.25) is 4.90 Å². The van der Waals surface area contributed by atoms with Crippen molar-refractivity contribution in [3.63, 3.8) is 0 Å². The van der Waals surface area contributed by atoms with Crippen molar-refractivity contribution in [3.05, 3.63) is 34.3 Å². The van der Waals surface area contributed by atoms with E-state index in [1.807, 2.05) is 43.3 Å². The number of benzene rings is 1. The molecule has 1 atom stereocenters. The molecule has 70 valence electrons. The summed E-state index contributed by atoms with van der Waals surface area (Å²) in [6.07, 6.45) is 0.946. The zero-order chi connectivity index (χ0) is 9.84. The molecule has 0 aliphatic rings. The van der Waals surface area contributed by atoms with Crippen LogP contribution in [-0.4, -0.2) is 25.3 Å². The summed E-state index contributed by atoms with van der Waals surface area (Å²) in [6.45, 7) is 0. The molecule has 1 aromatic rings. The zero-order valence-electron chi connectivity index (χ0n) is 7.70. The minimum Gasteiger partial charge on any atom is -0.301 e. The lowest BCUT2D eigenvalue weighted by Gasteiger charge is -2.18. The first-order valence-electron chi connectivity index (χ1n) is 4.02. The maximum absolute atomic E-state index is 10.8. The summed E-state index contributed by atoms with van der Waals surface area (Å²) in [5, 5.41) is 0. The number of halogens is 1. The molecule has 2 nitrogen and oxygen atoms in total. The maximum atomic E-state index is 10.8. The van der Waals surface area contributed by atoms with E-state index in [-0.39, 0.29) is 6.04 Å². The molecule has 0 N–H and O–H groups in total. The van der Waals surface area contributed by atoms with Crippen LogP contribution in [0.1, 0.15) is 11.6 Å². The van der Waals surface area contributed by atoms with Gasteiger partial charge in [0.05, 0.1) is 6.04 Å². The predicted octanol–water partition coefficient (Wildman–Crippen LogP) is 2.25. The van der Waals surface area contributed by atoms with E-state index < -0.39 is 0 Å². The van der Waals surface area contributed by atoms with Crippen LogP contribution in [-0.2, 0) is 4.79 Å². The summed E-state index contributed by atoms with van der Waals surface area (Å²) in [7, 11) is 3.78. The smallest absolute Gasteiger partial charge is 0.141 e. The Hall–Kier alpha value is -0.670. The molecule has 0 fully saturated rings. The van der Waals surface area contributed by atoms with Crippen molar-refractivity contribution in [2.24, 2.45) is 0 Å². The lowest BCUT2D eigenvalue weighted by atomic mass is 10.1. The molecular formula is C10H12BrNO. The number of nitrogens with zero attached hydrogens (tertiary/aromatic N) is 1. The topological polar surface area (TPSA) is 20.3 Å². The third-order valence-corrected chi connectivity index (χ3v) is 2.37. The standard InChI is InChI=1S/C10H12BrNO/c1-12(2)10(7-13)8-4-3-5-9(11)6-8/h3-7,10H,1-2H3. The fourth-order valence-corrected chi connectivity index (χ4v) is 1.61. The van der Waals surface area contributed by atoms with Crippen molar-refractivity contribution in [1.82, 2.24) is 4.90 Å². The van der Waals surface area contributed by atoms with Gasteiger partial charge in [0.25, 0.3) is 0 Å². The molecule has 13 heavy (non-hydrogen) atoms. The number of aldehydes is 1. The van der Waals surface area contributed by atoms with Gasteiger partial charge in [0.15, 0.2) is 0 Å². The molecule has 0 heterocycles. The molecule has 0 saturated heterocycles. The Bertz CT molecular complexity index is 299. The van der Waals surface area contributed by atoms with Gasteiger partial charge < -0.3 is 4.79 Å². The molecule has 0 bridgehead atoms. The van der Waals surface area contributed by atoms with E-state index in [4.69, 9.17) is 0 Å². The van der Waals surface area contributed by atoms with Crippen LogP contribution in [0.4, 0.5) is 0 Å². The first-order valence-corrected chi connectivity index (χ1v) is 4.81. The highest BCUT2D eigenvalue weighted by Gasteiger charge is 2.11. The number of carbonyl (C=O) groups excluding carboxylic acids is 1. The van der Waals surface area contributed by atoms with E-state index in [1.165, 1.54) is 0 Å². The number of carbonyl (C=O) groups is 1. The summed E-state index contributed by atoms with van der Waals surface area (Å²) in [5.41, 5.74) is 1.01. The molecule has 3 heteroatoms. The van der Waals surface area contributed by atoms with Gasteiger partial charge in [-0.15, -0.1) is 0 Å². The van der Waals surface area contributed by atoms with Crippen molar-refractivity contribution >= 4 is 22.2 Å². The van der Waals surface area contributed by atoms with Gasteiger partial charge in [0.2, 0.25) is 0 Å². The Morgan fingerprint density at radius 1 is 1.46 bits per heavy atom. The highest BCUT2D eigenvalue weighted by atomic mass is 79.9. The van der Waals surface area contributed by atoms with Gasteiger partial charge in [-0.05, 0) is 31.8 Å². The lowest BCUT2D eigenvalue weighted by Crippen LogP contribution is -2.20. The molecule has 1 aromatic carbocycles. The summed E-state index contributed by atoms with van der Waals surface area (Å²) < 4.78 is 0.999. The average molecular weight is 242 g/mol. The number of rotatable bonds is 3. The van der Waals surface area contributed by atoms with Crippen molar-refractivity contribution < 1.29 is 4.79 Å². The summed E-state index contributed by atoms with van der Waals surface area (Å²) >= 11 is 3.37. The Morgan fingerprint density at radius 2 is 2.15 bits per heavy atom. The normalized spacial score (nSPS) is 12.9. The van der Waals surface area contributed by atoms with E-state index in [1.54, 1.807) is 0 Å². The quantitative estimate of drug-likeness (QED) is 0.757. The summed E-state index contributed by atoms with van der Waals surface area (Å²) in [4.78, 5) is 12.7. The van der Waals surface area contributed by atoms with Crippen LogP contribution in [0.15, 0.2) is 28.7 Å². The summed E-state index contributed by atoms with van der Waals surface area (Å²) in [6, 6.07) is 7.63.